The van der Waals surface area contributed by atoms with Gasteiger partial charge in [0.15, 0.2) is 11.9 Å². The van der Waals surface area contributed by atoms with Crippen LogP contribution >= 0.6 is 0 Å². The molecule has 0 aliphatic carbocycles. The molecule has 0 saturated carbocycles. The number of nitrogens with zero attached hydrogens (tertiary/aromatic N) is 1. The molecule has 0 saturated heterocycles. The Labute approximate surface area is 67.7 Å². The van der Waals surface area contributed by atoms with Gasteiger partial charge in [-0.2, -0.15) is 0 Å². The average Bonchev–Trinajstić information content (AvgIpc) is 2.04. The zero-order chi connectivity index (χ0) is 7.68. The summed E-state index contributed by atoms with van der Waals surface area (Å²) in [4.78, 5) is 0. The smallest absolute Gasteiger partial charge is 0.181 e. The lowest BCUT2D eigenvalue weighted by Crippen LogP contribution is -2.42. The Bertz CT molecular complexity index is 255. The summed E-state index contributed by atoms with van der Waals surface area (Å²) < 4.78 is 2.36. The molecule has 0 radical (unpaired) electrons. The summed E-state index contributed by atoms with van der Waals surface area (Å²) in [6.45, 7) is 3.54. The van der Waals surface area contributed by atoms with Crippen molar-refractivity contribution >= 4 is 0 Å². The van der Waals surface area contributed by atoms with Gasteiger partial charge < -0.3 is 0 Å². The summed E-state index contributed by atoms with van der Waals surface area (Å²) in [6.07, 6.45) is 4.77. The normalized spacial score (nSPS) is 22.8. The van der Waals surface area contributed by atoms with E-state index in [0.29, 0.717) is 0 Å². The lowest BCUT2D eigenvalue weighted by atomic mass is 9.97. The van der Waals surface area contributed by atoms with Crippen LogP contribution in [-0.2, 0) is 13.0 Å². The van der Waals surface area contributed by atoms with Gasteiger partial charge in [0, 0.05) is 25.0 Å². The standard InChI is InChI=1S/C10H14N/c1-9-5-7-11-6-3-2-4-10(11)8-9/h2-4,6,9H,5,7-8H2,1H3/q+1. The third-order valence-corrected chi connectivity index (χ3v) is 2.46. The van der Waals surface area contributed by atoms with Crippen LogP contribution in [0.4, 0.5) is 0 Å². The van der Waals surface area contributed by atoms with Crippen molar-refractivity contribution in [2.45, 2.75) is 26.3 Å². The molecule has 1 aromatic heterocycles. The Morgan fingerprint density at radius 1 is 1.45 bits per heavy atom. The van der Waals surface area contributed by atoms with E-state index < -0.39 is 0 Å². The van der Waals surface area contributed by atoms with Crippen LogP contribution in [-0.4, -0.2) is 0 Å². The van der Waals surface area contributed by atoms with E-state index in [1.165, 1.54) is 25.1 Å². The third-order valence-electron chi connectivity index (χ3n) is 2.46. The summed E-state index contributed by atoms with van der Waals surface area (Å²) in [7, 11) is 0. The van der Waals surface area contributed by atoms with Crippen molar-refractivity contribution in [3.05, 3.63) is 30.1 Å². The van der Waals surface area contributed by atoms with Gasteiger partial charge in [-0.3, -0.25) is 0 Å². The Kier molecular flexibility index (Phi) is 1.65. The second-order valence-corrected chi connectivity index (χ2v) is 3.48. The molecular formula is C10H14N+. The molecule has 2 heterocycles. The quantitative estimate of drug-likeness (QED) is 0.491. The maximum atomic E-state index is 2.36. The second-order valence-electron chi connectivity index (χ2n) is 3.48. The fraction of sp³-hybridized carbons (Fsp3) is 0.500. The number of aryl methyl sites for hydroxylation is 1. The molecule has 1 unspecified atom stereocenters. The predicted octanol–water partition coefficient (Wildman–Crippen LogP) is 1.56. The number of pyridine rings is 1. The number of fused-ring (bicyclic) bond motifs is 1. The molecule has 11 heavy (non-hydrogen) atoms. The first-order chi connectivity index (χ1) is 5.36. The van der Waals surface area contributed by atoms with E-state index in [2.05, 4.69) is 35.9 Å². The molecule has 0 bridgehead atoms. The van der Waals surface area contributed by atoms with Crippen LogP contribution in [0.5, 0.6) is 0 Å². The number of hydrogen-bond acceptors (Lipinski definition) is 0. The molecule has 1 aliphatic heterocycles. The van der Waals surface area contributed by atoms with Crippen LogP contribution in [0.15, 0.2) is 24.4 Å². The number of hydrogen-bond donors (Lipinski definition) is 0. The topological polar surface area (TPSA) is 3.88 Å². The van der Waals surface area contributed by atoms with Crippen molar-refractivity contribution in [2.24, 2.45) is 5.92 Å². The van der Waals surface area contributed by atoms with Gasteiger partial charge in [0.05, 0.1) is 0 Å². The van der Waals surface area contributed by atoms with E-state index >= 15 is 0 Å². The molecule has 0 amide bonds. The van der Waals surface area contributed by atoms with E-state index in [1.807, 2.05) is 0 Å². The molecule has 1 nitrogen and oxygen atoms in total. The maximum absolute atomic E-state index is 2.36. The lowest BCUT2D eigenvalue weighted by molar-refractivity contribution is -0.711. The lowest BCUT2D eigenvalue weighted by Gasteiger charge is -2.14. The monoisotopic (exact) mass is 148 g/mol. The summed E-state index contributed by atoms with van der Waals surface area (Å²) in [6, 6.07) is 6.47. The summed E-state index contributed by atoms with van der Waals surface area (Å²) in [5.41, 5.74) is 1.49. The van der Waals surface area contributed by atoms with E-state index in [1.54, 1.807) is 0 Å². The van der Waals surface area contributed by atoms with Crippen molar-refractivity contribution in [2.75, 3.05) is 0 Å². The van der Waals surface area contributed by atoms with E-state index in [-0.39, 0.29) is 0 Å². The number of rotatable bonds is 0. The molecule has 1 aromatic rings. The highest BCUT2D eigenvalue weighted by atomic mass is 15.0. The summed E-state index contributed by atoms with van der Waals surface area (Å²) >= 11 is 0. The Morgan fingerprint density at radius 3 is 3.27 bits per heavy atom. The molecule has 1 atom stereocenters. The minimum atomic E-state index is 0.873. The molecule has 2 rings (SSSR count). The van der Waals surface area contributed by atoms with Crippen LogP contribution in [0.2, 0.25) is 0 Å². The van der Waals surface area contributed by atoms with Crippen molar-refractivity contribution in [3.63, 3.8) is 0 Å². The highest BCUT2D eigenvalue weighted by molar-refractivity contribution is 4.99. The summed E-state index contributed by atoms with van der Waals surface area (Å²) in [5.74, 6) is 0.873. The van der Waals surface area contributed by atoms with Gasteiger partial charge in [0.2, 0.25) is 0 Å². The number of aromatic nitrogens is 1. The molecule has 0 spiro atoms. The zero-order valence-corrected chi connectivity index (χ0v) is 6.96. The highest BCUT2D eigenvalue weighted by Crippen LogP contribution is 2.13. The minimum Gasteiger partial charge on any atom is -0.202 e. The van der Waals surface area contributed by atoms with Gasteiger partial charge in [-0.05, 0) is 5.92 Å². The summed E-state index contributed by atoms with van der Waals surface area (Å²) in [5, 5.41) is 0. The first-order valence-corrected chi connectivity index (χ1v) is 4.33. The molecule has 0 N–H and O–H groups in total. The molecule has 0 fully saturated rings. The van der Waals surface area contributed by atoms with Crippen molar-refractivity contribution in [3.8, 4) is 0 Å². The van der Waals surface area contributed by atoms with Crippen LogP contribution in [0.25, 0.3) is 0 Å². The Balaban J connectivity index is 2.34. The zero-order valence-electron chi connectivity index (χ0n) is 6.96. The second kappa shape index (κ2) is 2.65. The fourth-order valence-corrected chi connectivity index (χ4v) is 1.73. The first kappa shape index (κ1) is 6.84. The molecule has 1 aliphatic rings. The highest BCUT2D eigenvalue weighted by Gasteiger charge is 2.19. The molecule has 0 aromatic carbocycles. The predicted molar refractivity (Wildman–Crippen MR) is 44.1 cm³/mol. The van der Waals surface area contributed by atoms with Gasteiger partial charge in [-0.1, -0.05) is 13.0 Å². The van der Waals surface area contributed by atoms with Crippen LogP contribution in [0.3, 0.4) is 0 Å². The van der Waals surface area contributed by atoms with E-state index in [0.717, 1.165) is 5.92 Å². The Hall–Kier alpha value is -0.850. The van der Waals surface area contributed by atoms with Gasteiger partial charge in [-0.15, -0.1) is 0 Å². The van der Waals surface area contributed by atoms with Crippen molar-refractivity contribution in [1.82, 2.24) is 0 Å². The third kappa shape index (κ3) is 1.28. The molecule has 1 heteroatoms. The first-order valence-electron chi connectivity index (χ1n) is 4.33. The maximum Gasteiger partial charge on any atom is 0.181 e. The average molecular weight is 148 g/mol. The molecule has 58 valence electrons. The van der Waals surface area contributed by atoms with Crippen LogP contribution in [0, 0.1) is 5.92 Å². The van der Waals surface area contributed by atoms with Crippen LogP contribution < -0.4 is 4.57 Å². The largest absolute Gasteiger partial charge is 0.202 e. The van der Waals surface area contributed by atoms with E-state index in [9.17, 15) is 0 Å². The Morgan fingerprint density at radius 2 is 2.36 bits per heavy atom. The van der Waals surface area contributed by atoms with Gasteiger partial charge in [-0.25, -0.2) is 4.57 Å². The van der Waals surface area contributed by atoms with E-state index in [4.69, 9.17) is 0 Å². The van der Waals surface area contributed by atoms with Crippen LogP contribution in [0.1, 0.15) is 19.0 Å². The van der Waals surface area contributed by atoms with Gasteiger partial charge in [0.1, 0.15) is 6.54 Å². The van der Waals surface area contributed by atoms with Crippen molar-refractivity contribution in [1.29, 1.82) is 0 Å². The van der Waals surface area contributed by atoms with Gasteiger partial charge >= 0.3 is 0 Å². The SMILES string of the molecule is CC1CC[n+]2ccccc2C1. The van der Waals surface area contributed by atoms with Crippen molar-refractivity contribution < 1.29 is 4.57 Å². The fourth-order valence-electron chi connectivity index (χ4n) is 1.73. The molecular weight excluding hydrogens is 134 g/mol. The van der Waals surface area contributed by atoms with Gasteiger partial charge in [0.25, 0.3) is 0 Å². The minimum absolute atomic E-state index is 0.873.